The van der Waals surface area contributed by atoms with Crippen LogP contribution in [0.25, 0.3) is 0 Å². The van der Waals surface area contributed by atoms with E-state index in [1.807, 2.05) is 7.05 Å². The summed E-state index contributed by atoms with van der Waals surface area (Å²) in [6, 6.07) is 5.03. The number of nitrogens with one attached hydrogen (secondary N) is 1. The van der Waals surface area contributed by atoms with Crippen molar-refractivity contribution in [1.82, 2.24) is 9.62 Å². The van der Waals surface area contributed by atoms with Crippen molar-refractivity contribution in [1.29, 1.82) is 0 Å². The molecule has 1 aromatic rings. The van der Waals surface area contributed by atoms with Gasteiger partial charge in [0.15, 0.2) is 0 Å². The Morgan fingerprint density at radius 3 is 2.81 bits per heavy atom. The molecule has 0 spiro atoms. The van der Waals surface area contributed by atoms with Crippen LogP contribution in [-0.2, 0) is 10.0 Å². The van der Waals surface area contributed by atoms with E-state index in [1.54, 1.807) is 22.5 Å². The molecule has 21 heavy (non-hydrogen) atoms. The number of sulfonamides is 1. The molecule has 1 N–H and O–H groups in total. The second-order valence-electron chi connectivity index (χ2n) is 4.87. The average molecular weight is 400 g/mol. The highest BCUT2D eigenvalue weighted by atomic mass is 79.9. The van der Waals surface area contributed by atoms with E-state index < -0.39 is 10.0 Å². The van der Waals surface area contributed by atoms with Crippen molar-refractivity contribution >= 4 is 38.4 Å². The van der Waals surface area contributed by atoms with Crippen LogP contribution in [0.2, 0.25) is 0 Å². The Bertz CT molecular complexity index is 583. The van der Waals surface area contributed by atoms with Crippen LogP contribution in [0.3, 0.4) is 0 Å². The Hall–Kier alpha value is -0.340. The first-order chi connectivity index (χ1) is 9.48. The zero-order valence-electron chi connectivity index (χ0n) is 12.0. The number of ether oxygens (including phenoxy) is 1. The smallest absolute Gasteiger partial charge is 0.246 e. The van der Waals surface area contributed by atoms with E-state index in [9.17, 15) is 8.42 Å². The molecule has 1 saturated heterocycles. The third-order valence-corrected chi connectivity index (χ3v) is 5.86. The van der Waals surface area contributed by atoms with Crippen molar-refractivity contribution in [3.63, 3.8) is 0 Å². The highest BCUT2D eigenvalue weighted by molar-refractivity contribution is 9.10. The van der Waals surface area contributed by atoms with Gasteiger partial charge in [-0.05, 0) is 44.1 Å². The molecule has 1 atom stereocenters. The molecule has 120 valence electrons. The first-order valence-electron chi connectivity index (χ1n) is 6.47. The van der Waals surface area contributed by atoms with Gasteiger partial charge in [-0.2, -0.15) is 4.31 Å². The maximum Gasteiger partial charge on any atom is 0.246 e. The number of benzene rings is 1. The highest BCUT2D eigenvalue weighted by Gasteiger charge is 2.34. The van der Waals surface area contributed by atoms with Crippen LogP contribution in [0.1, 0.15) is 6.42 Å². The van der Waals surface area contributed by atoms with Gasteiger partial charge < -0.3 is 10.1 Å². The van der Waals surface area contributed by atoms with Crippen molar-refractivity contribution in [2.45, 2.75) is 11.3 Å². The maximum absolute atomic E-state index is 12.7. The van der Waals surface area contributed by atoms with E-state index in [1.165, 1.54) is 7.11 Å². The van der Waals surface area contributed by atoms with Crippen LogP contribution in [0.15, 0.2) is 27.6 Å². The van der Waals surface area contributed by atoms with Crippen molar-refractivity contribution in [2.75, 3.05) is 33.8 Å². The quantitative estimate of drug-likeness (QED) is 0.824. The van der Waals surface area contributed by atoms with Gasteiger partial charge in [0.05, 0.1) is 7.11 Å². The molecule has 0 aromatic heterocycles. The summed E-state index contributed by atoms with van der Waals surface area (Å²) in [5.74, 6) is 0.748. The van der Waals surface area contributed by atoms with Crippen LogP contribution in [0, 0.1) is 5.92 Å². The van der Waals surface area contributed by atoms with Crippen molar-refractivity contribution in [3.8, 4) is 5.75 Å². The Morgan fingerprint density at radius 2 is 2.19 bits per heavy atom. The van der Waals surface area contributed by atoms with Crippen LogP contribution in [-0.4, -0.2) is 46.5 Å². The lowest BCUT2D eigenvalue weighted by Gasteiger charge is -2.18. The topological polar surface area (TPSA) is 58.6 Å². The summed E-state index contributed by atoms with van der Waals surface area (Å²) in [5, 5.41) is 3.10. The van der Waals surface area contributed by atoms with Gasteiger partial charge in [-0.3, -0.25) is 0 Å². The number of nitrogens with zero attached hydrogens (tertiary/aromatic N) is 1. The zero-order chi connectivity index (χ0) is 14.8. The van der Waals surface area contributed by atoms with E-state index in [4.69, 9.17) is 4.74 Å². The van der Waals surface area contributed by atoms with E-state index >= 15 is 0 Å². The predicted molar refractivity (Wildman–Crippen MR) is 88.7 cm³/mol. The summed E-state index contributed by atoms with van der Waals surface area (Å²) in [7, 11) is -0.139. The standard InChI is InChI=1S/C13H19BrN2O3S.ClH/c1-15-8-10-5-6-16(9-10)20(17,18)13-7-11(14)3-4-12(13)19-2;/h3-4,7,10,15H,5-6,8-9H2,1-2H3;1H. The lowest BCUT2D eigenvalue weighted by Crippen LogP contribution is -2.30. The van der Waals surface area contributed by atoms with Gasteiger partial charge in [-0.25, -0.2) is 8.42 Å². The normalized spacial score (nSPS) is 19.3. The molecule has 8 heteroatoms. The van der Waals surface area contributed by atoms with Crippen molar-refractivity contribution in [2.24, 2.45) is 5.92 Å². The molecular formula is C13H20BrClN2O3S. The second kappa shape index (κ2) is 7.78. The first-order valence-corrected chi connectivity index (χ1v) is 8.70. The molecule has 1 fully saturated rings. The average Bonchev–Trinajstić information content (AvgIpc) is 2.88. The molecule has 0 bridgehead atoms. The summed E-state index contributed by atoms with van der Waals surface area (Å²) < 4.78 is 32.9. The molecule has 1 aliphatic heterocycles. The van der Waals surface area contributed by atoms with Gasteiger partial charge in [0.2, 0.25) is 10.0 Å². The molecule has 1 heterocycles. The summed E-state index contributed by atoms with van der Waals surface area (Å²) in [5.41, 5.74) is 0. The molecule has 2 rings (SSSR count). The fourth-order valence-corrected chi connectivity index (χ4v) is 4.69. The summed E-state index contributed by atoms with van der Waals surface area (Å²) in [6.07, 6.45) is 0.885. The van der Waals surface area contributed by atoms with Gasteiger partial charge in [0.25, 0.3) is 0 Å². The Kier molecular flexibility index (Phi) is 6.93. The summed E-state index contributed by atoms with van der Waals surface area (Å²) >= 11 is 3.31. The number of halogens is 2. The minimum atomic E-state index is -3.50. The first kappa shape index (κ1) is 18.7. The van der Waals surface area contributed by atoms with Gasteiger partial charge in [0.1, 0.15) is 10.6 Å². The van der Waals surface area contributed by atoms with Crippen molar-refractivity contribution < 1.29 is 13.2 Å². The number of rotatable bonds is 5. The van der Waals surface area contributed by atoms with Gasteiger partial charge in [0, 0.05) is 17.6 Å². The Balaban J connectivity index is 0.00000220. The van der Waals surface area contributed by atoms with Crippen LogP contribution < -0.4 is 10.1 Å². The molecule has 0 saturated carbocycles. The number of methoxy groups -OCH3 is 1. The second-order valence-corrected chi connectivity index (χ2v) is 7.69. The molecular weight excluding hydrogens is 380 g/mol. The third-order valence-electron chi connectivity index (χ3n) is 3.48. The van der Waals surface area contributed by atoms with Crippen LogP contribution in [0.5, 0.6) is 5.75 Å². The zero-order valence-corrected chi connectivity index (χ0v) is 15.2. The summed E-state index contributed by atoms with van der Waals surface area (Å²) in [4.78, 5) is 0.222. The lowest BCUT2D eigenvalue weighted by atomic mass is 10.1. The molecule has 5 nitrogen and oxygen atoms in total. The van der Waals surface area contributed by atoms with E-state index in [-0.39, 0.29) is 17.3 Å². The van der Waals surface area contributed by atoms with Gasteiger partial charge in [-0.1, -0.05) is 15.9 Å². The molecule has 1 aromatic carbocycles. The fourth-order valence-electron chi connectivity index (χ4n) is 2.46. The summed E-state index contributed by atoms with van der Waals surface area (Å²) in [6.45, 7) is 1.95. The van der Waals surface area contributed by atoms with Gasteiger partial charge in [-0.15, -0.1) is 12.4 Å². The van der Waals surface area contributed by atoms with Gasteiger partial charge >= 0.3 is 0 Å². The van der Waals surface area contributed by atoms with Crippen molar-refractivity contribution in [3.05, 3.63) is 22.7 Å². The number of hydrogen-bond donors (Lipinski definition) is 1. The largest absolute Gasteiger partial charge is 0.495 e. The Morgan fingerprint density at radius 1 is 1.48 bits per heavy atom. The molecule has 0 aliphatic carbocycles. The van der Waals surface area contributed by atoms with E-state index in [2.05, 4.69) is 21.2 Å². The number of hydrogen-bond acceptors (Lipinski definition) is 4. The molecule has 0 radical (unpaired) electrons. The molecule has 1 aliphatic rings. The van der Waals surface area contributed by atoms with E-state index in [0.717, 1.165) is 17.4 Å². The van der Waals surface area contributed by atoms with Crippen LogP contribution >= 0.6 is 28.3 Å². The molecule has 1 unspecified atom stereocenters. The van der Waals surface area contributed by atoms with Crippen LogP contribution in [0.4, 0.5) is 0 Å². The SMILES string of the molecule is CNCC1CCN(S(=O)(=O)c2cc(Br)ccc2OC)C1.Cl. The Labute approximate surface area is 140 Å². The third kappa shape index (κ3) is 4.10. The molecule has 0 amide bonds. The fraction of sp³-hybridized carbons (Fsp3) is 0.538. The monoisotopic (exact) mass is 398 g/mol. The minimum absolute atomic E-state index is 0. The minimum Gasteiger partial charge on any atom is -0.495 e. The predicted octanol–water partition coefficient (Wildman–Crippen LogP) is 2.11. The highest BCUT2D eigenvalue weighted by Crippen LogP contribution is 2.32. The maximum atomic E-state index is 12.7. The van der Waals surface area contributed by atoms with E-state index in [0.29, 0.717) is 24.8 Å². The lowest BCUT2D eigenvalue weighted by molar-refractivity contribution is 0.397.